The fourth-order valence-corrected chi connectivity index (χ4v) is 2.52. The highest BCUT2D eigenvalue weighted by atomic mass is 28.3. The molecule has 0 fully saturated rings. The molecule has 0 rings (SSSR count). The second-order valence-corrected chi connectivity index (χ2v) is 8.89. The average molecular weight is 266 g/mol. The molecule has 0 spiro atoms. The molecule has 0 saturated heterocycles. The predicted molar refractivity (Wildman–Crippen MR) is 70.3 cm³/mol. The van der Waals surface area contributed by atoms with Crippen molar-refractivity contribution in [3.63, 3.8) is 0 Å². The maximum absolute atomic E-state index is 9.08. The molecule has 0 aliphatic carbocycles. The summed E-state index contributed by atoms with van der Waals surface area (Å²) in [7, 11) is 4.97. The van der Waals surface area contributed by atoms with Gasteiger partial charge >= 0.3 is 6.16 Å². The van der Waals surface area contributed by atoms with Gasteiger partial charge in [0.15, 0.2) is 0 Å². The van der Waals surface area contributed by atoms with E-state index in [9.17, 15) is 0 Å². The quantitative estimate of drug-likeness (QED) is 0.355. The fourth-order valence-electron chi connectivity index (χ4n) is 1.52. The van der Waals surface area contributed by atoms with Crippen molar-refractivity contribution >= 4 is 8.80 Å². The molecule has 0 saturated carbocycles. The lowest BCUT2D eigenvalue weighted by atomic mass is 10.3. The van der Waals surface area contributed by atoms with E-state index in [1.807, 2.05) is 0 Å². The van der Waals surface area contributed by atoms with Gasteiger partial charge in [-0.1, -0.05) is 19.1 Å². The van der Waals surface area contributed by atoms with Gasteiger partial charge in [-0.15, -0.1) is 0 Å². The molecular formula is C11H28NO4Si+. The normalized spacial score (nSPS) is 13.4. The molecule has 0 atom stereocenters. The molecule has 0 radical (unpaired) electrons. The summed E-state index contributed by atoms with van der Waals surface area (Å²) in [4.78, 5) is 0. The minimum absolute atomic E-state index is 0.257. The van der Waals surface area contributed by atoms with Gasteiger partial charge < -0.3 is 19.4 Å². The number of likely N-dealkylation sites (N-methyl/N-ethyl adjacent to an activating group) is 1. The first-order valence-corrected chi connectivity index (χ1v) is 9.27. The number of ether oxygens (including phenoxy) is 2. The van der Waals surface area contributed by atoms with E-state index in [2.05, 4.69) is 31.9 Å². The van der Waals surface area contributed by atoms with E-state index in [4.69, 9.17) is 14.9 Å². The zero-order chi connectivity index (χ0) is 13.5. The Morgan fingerprint density at radius 2 is 1.76 bits per heavy atom. The fraction of sp³-hybridized carbons (Fsp3) is 1.00. The largest absolute Gasteiger partial charge is 0.407 e. The van der Waals surface area contributed by atoms with Gasteiger partial charge in [-0.3, -0.25) is 4.74 Å². The van der Waals surface area contributed by atoms with Gasteiger partial charge in [0.2, 0.25) is 0 Å². The van der Waals surface area contributed by atoms with E-state index in [0.29, 0.717) is 0 Å². The smallest absolute Gasteiger partial charge is 0.327 e. The van der Waals surface area contributed by atoms with Crippen LogP contribution in [0.5, 0.6) is 0 Å². The third kappa shape index (κ3) is 9.69. The topological polar surface area (TPSA) is 58.9 Å². The van der Waals surface area contributed by atoms with Crippen molar-refractivity contribution in [1.82, 2.24) is 0 Å². The highest BCUT2D eigenvalue weighted by Gasteiger charge is 2.25. The second kappa shape index (κ2) is 7.45. The van der Waals surface area contributed by atoms with Crippen molar-refractivity contribution < 1.29 is 24.2 Å². The minimum Gasteiger partial charge on any atom is -0.327 e. The molecule has 6 heteroatoms. The zero-order valence-corrected chi connectivity index (χ0v) is 12.9. The molecule has 5 nitrogen and oxygen atoms in total. The summed E-state index contributed by atoms with van der Waals surface area (Å²) in [6.45, 7) is 6.78. The number of quaternary nitrogens is 1. The molecule has 0 amide bonds. The van der Waals surface area contributed by atoms with Crippen molar-refractivity contribution in [3.05, 3.63) is 0 Å². The molecule has 0 bridgehead atoms. The standard InChI is InChI=1S/C11H28NO4Si/c1-12(2,7-6-10-17(4)5)8-9-16-11(13,14)15-3/h13-14,17H,6-10H2,1-5H3/q+1. The predicted octanol–water partition coefficient (Wildman–Crippen LogP) is 0.198. The Hall–Kier alpha value is 0.0169. The van der Waals surface area contributed by atoms with E-state index in [0.717, 1.165) is 17.6 Å². The number of aliphatic hydroxyl groups is 2. The van der Waals surface area contributed by atoms with Crippen molar-refractivity contribution in [2.24, 2.45) is 0 Å². The molecule has 0 aromatic carbocycles. The van der Waals surface area contributed by atoms with Crippen LogP contribution >= 0.6 is 0 Å². The van der Waals surface area contributed by atoms with E-state index >= 15 is 0 Å². The molecule has 0 heterocycles. The summed E-state index contributed by atoms with van der Waals surface area (Å²) in [5.41, 5.74) is 0. The molecule has 0 unspecified atom stereocenters. The van der Waals surface area contributed by atoms with Crippen LogP contribution in [-0.2, 0) is 9.47 Å². The van der Waals surface area contributed by atoms with Crippen molar-refractivity contribution in [2.75, 3.05) is 40.9 Å². The van der Waals surface area contributed by atoms with Crippen LogP contribution in [0.2, 0.25) is 19.1 Å². The third-order valence-electron chi connectivity index (χ3n) is 2.80. The minimum atomic E-state index is -2.45. The lowest BCUT2D eigenvalue weighted by Crippen LogP contribution is -2.45. The number of rotatable bonds is 9. The average Bonchev–Trinajstić information content (AvgIpc) is 2.16. The Kier molecular flexibility index (Phi) is 7.46. The Bertz CT molecular complexity index is 210. The number of methoxy groups -OCH3 is 1. The van der Waals surface area contributed by atoms with E-state index in [-0.39, 0.29) is 6.61 Å². The SMILES string of the molecule is COC(O)(O)OCC[N+](C)(C)CCC[SiH](C)C. The number of nitrogens with zero attached hydrogens (tertiary/aromatic N) is 1. The van der Waals surface area contributed by atoms with Crippen LogP contribution < -0.4 is 0 Å². The maximum Gasteiger partial charge on any atom is 0.407 e. The summed E-state index contributed by atoms with van der Waals surface area (Å²) >= 11 is 0. The Morgan fingerprint density at radius 3 is 2.24 bits per heavy atom. The van der Waals surface area contributed by atoms with Gasteiger partial charge in [0.1, 0.15) is 13.2 Å². The van der Waals surface area contributed by atoms with Gasteiger partial charge in [0.05, 0.1) is 20.6 Å². The van der Waals surface area contributed by atoms with Gasteiger partial charge in [-0.25, -0.2) is 0 Å². The lowest BCUT2D eigenvalue weighted by molar-refractivity contribution is -0.891. The van der Waals surface area contributed by atoms with Crippen molar-refractivity contribution in [1.29, 1.82) is 0 Å². The molecule has 0 aromatic heterocycles. The van der Waals surface area contributed by atoms with E-state index in [1.54, 1.807) is 0 Å². The van der Waals surface area contributed by atoms with Gasteiger partial charge in [0, 0.05) is 15.9 Å². The molecule has 0 aromatic rings. The molecule has 104 valence electrons. The van der Waals surface area contributed by atoms with Crippen molar-refractivity contribution in [2.45, 2.75) is 31.7 Å². The summed E-state index contributed by atoms with van der Waals surface area (Å²) in [5, 5.41) is 18.2. The highest BCUT2D eigenvalue weighted by Crippen LogP contribution is 2.07. The van der Waals surface area contributed by atoms with Crippen LogP contribution in [0.3, 0.4) is 0 Å². The number of hydrogen-bond donors (Lipinski definition) is 2. The Balaban J connectivity index is 3.78. The van der Waals surface area contributed by atoms with Gasteiger partial charge in [-0.2, -0.15) is 0 Å². The summed E-state index contributed by atoms with van der Waals surface area (Å²) < 4.78 is 10.00. The molecule has 17 heavy (non-hydrogen) atoms. The van der Waals surface area contributed by atoms with Crippen LogP contribution in [0.4, 0.5) is 0 Å². The third-order valence-corrected chi connectivity index (χ3v) is 4.36. The number of hydrogen-bond acceptors (Lipinski definition) is 4. The second-order valence-electron chi connectivity index (χ2n) is 5.52. The first kappa shape index (κ1) is 17.0. The zero-order valence-electron chi connectivity index (χ0n) is 11.8. The maximum atomic E-state index is 9.08. The molecule has 0 aliphatic heterocycles. The summed E-state index contributed by atoms with van der Waals surface area (Å²) in [5.74, 6) is 0. The van der Waals surface area contributed by atoms with Crippen molar-refractivity contribution in [3.8, 4) is 0 Å². The van der Waals surface area contributed by atoms with Crippen LogP contribution in [0.25, 0.3) is 0 Å². The monoisotopic (exact) mass is 266 g/mol. The van der Waals surface area contributed by atoms with E-state index < -0.39 is 15.0 Å². The highest BCUT2D eigenvalue weighted by molar-refractivity contribution is 6.55. The first-order valence-electron chi connectivity index (χ1n) is 6.14. The molecular weight excluding hydrogens is 238 g/mol. The first-order chi connectivity index (χ1) is 7.68. The lowest BCUT2D eigenvalue weighted by Gasteiger charge is -2.31. The molecule has 2 N–H and O–H groups in total. The Labute approximate surface area is 106 Å². The van der Waals surface area contributed by atoms with Gasteiger partial charge in [0.25, 0.3) is 0 Å². The summed E-state index contributed by atoms with van der Waals surface area (Å²) in [6.07, 6.45) is -1.23. The summed E-state index contributed by atoms with van der Waals surface area (Å²) in [6, 6.07) is 1.35. The Morgan fingerprint density at radius 1 is 1.18 bits per heavy atom. The van der Waals surface area contributed by atoms with Crippen LogP contribution in [-0.4, -0.2) is 70.6 Å². The van der Waals surface area contributed by atoms with Gasteiger partial charge in [-0.05, 0) is 6.42 Å². The van der Waals surface area contributed by atoms with Crippen LogP contribution in [0, 0.1) is 0 Å². The van der Waals surface area contributed by atoms with Crippen LogP contribution in [0.1, 0.15) is 6.42 Å². The molecule has 0 aliphatic rings. The van der Waals surface area contributed by atoms with Crippen LogP contribution in [0.15, 0.2) is 0 Å². The van der Waals surface area contributed by atoms with E-state index in [1.165, 1.54) is 19.6 Å².